The van der Waals surface area contributed by atoms with E-state index < -0.39 is 0 Å². The minimum absolute atomic E-state index is 0.156. The molecule has 3 rings (SSSR count). The lowest BCUT2D eigenvalue weighted by molar-refractivity contribution is -0.0451. The number of pyridine rings is 1. The number of likely N-dealkylation sites (N-methyl/N-ethyl adjacent to an activating group) is 1. The maximum Gasteiger partial charge on any atom is 0.0723 e. The molecule has 2 saturated heterocycles. The van der Waals surface area contributed by atoms with Crippen molar-refractivity contribution in [2.75, 3.05) is 33.8 Å². The zero-order chi connectivity index (χ0) is 14.0. The fourth-order valence-corrected chi connectivity index (χ4v) is 3.37. The van der Waals surface area contributed by atoms with Gasteiger partial charge in [-0.25, -0.2) is 0 Å². The van der Waals surface area contributed by atoms with Gasteiger partial charge in [0.15, 0.2) is 0 Å². The first-order valence-electron chi connectivity index (χ1n) is 7.59. The van der Waals surface area contributed by atoms with Crippen molar-refractivity contribution >= 4 is 0 Å². The molecule has 1 aromatic rings. The lowest BCUT2D eigenvalue weighted by Crippen LogP contribution is -2.44. The Hall–Kier alpha value is -0.970. The van der Waals surface area contributed by atoms with Gasteiger partial charge in [0.25, 0.3) is 0 Å². The van der Waals surface area contributed by atoms with Crippen LogP contribution < -0.4 is 0 Å². The van der Waals surface area contributed by atoms with Crippen molar-refractivity contribution in [3.63, 3.8) is 0 Å². The standard InChI is InChI=1S/C16H25N3O/c1-18(2)15-11-16(20-13-15)5-9-19(10-6-16)12-14-3-7-17-8-4-14/h3-4,7-8,15H,5-6,9-13H2,1-2H3/t15-/m1/s1. The molecule has 0 bridgehead atoms. The summed E-state index contributed by atoms with van der Waals surface area (Å²) in [4.78, 5) is 8.92. The molecule has 0 saturated carbocycles. The molecular weight excluding hydrogens is 250 g/mol. The van der Waals surface area contributed by atoms with Crippen molar-refractivity contribution in [2.45, 2.75) is 37.5 Å². The third-order valence-electron chi connectivity index (χ3n) is 4.84. The van der Waals surface area contributed by atoms with Gasteiger partial charge in [-0.3, -0.25) is 9.88 Å². The number of rotatable bonds is 3. The minimum atomic E-state index is 0.156. The highest BCUT2D eigenvalue weighted by atomic mass is 16.5. The van der Waals surface area contributed by atoms with Crippen molar-refractivity contribution in [2.24, 2.45) is 0 Å². The van der Waals surface area contributed by atoms with E-state index in [4.69, 9.17) is 4.74 Å². The maximum atomic E-state index is 6.18. The predicted molar refractivity (Wildman–Crippen MR) is 79.5 cm³/mol. The van der Waals surface area contributed by atoms with Gasteiger partial charge in [-0.1, -0.05) is 0 Å². The number of hydrogen-bond donors (Lipinski definition) is 0. The Labute approximate surface area is 121 Å². The Bertz CT molecular complexity index is 427. The summed E-state index contributed by atoms with van der Waals surface area (Å²) in [6.45, 7) is 4.22. The zero-order valence-corrected chi connectivity index (χ0v) is 12.6. The normalized spacial score (nSPS) is 26.4. The number of nitrogens with zero attached hydrogens (tertiary/aromatic N) is 3. The lowest BCUT2D eigenvalue weighted by Gasteiger charge is -2.38. The van der Waals surface area contributed by atoms with E-state index in [1.807, 2.05) is 12.4 Å². The van der Waals surface area contributed by atoms with Crippen molar-refractivity contribution in [3.05, 3.63) is 30.1 Å². The largest absolute Gasteiger partial charge is 0.373 e. The molecule has 4 heteroatoms. The van der Waals surface area contributed by atoms with E-state index in [1.165, 1.54) is 24.8 Å². The van der Waals surface area contributed by atoms with Crippen molar-refractivity contribution in [3.8, 4) is 0 Å². The molecule has 2 aliphatic rings. The molecule has 0 radical (unpaired) electrons. The summed E-state index contributed by atoms with van der Waals surface area (Å²) in [6, 6.07) is 4.82. The molecule has 1 atom stereocenters. The van der Waals surface area contributed by atoms with Crippen LogP contribution in [0.15, 0.2) is 24.5 Å². The molecule has 0 unspecified atom stereocenters. The summed E-state index contributed by atoms with van der Waals surface area (Å²) < 4.78 is 6.18. The molecule has 4 nitrogen and oxygen atoms in total. The van der Waals surface area contributed by atoms with E-state index in [9.17, 15) is 0 Å². The molecule has 0 aliphatic carbocycles. The van der Waals surface area contributed by atoms with Gasteiger partial charge in [-0.15, -0.1) is 0 Å². The van der Waals surface area contributed by atoms with Crippen LogP contribution in [0.3, 0.4) is 0 Å². The van der Waals surface area contributed by atoms with Crippen LogP contribution in [0, 0.1) is 0 Å². The lowest BCUT2D eigenvalue weighted by atomic mass is 9.87. The summed E-state index contributed by atoms with van der Waals surface area (Å²) in [6.07, 6.45) is 7.29. The zero-order valence-electron chi connectivity index (χ0n) is 12.6. The predicted octanol–water partition coefficient (Wildman–Crippen LogP) is 1.77. The first-order valence-corrected chi connectivity index (χ1v) is 7.59. The van der Waals surface area contributed by atoms with Crippen LogP contribution >= 0.6 is 0 Å². The van der Waals surface area contributed by atoms with Crippen molar-refractivity contribution < 1.29 is 4.74 Å². The highest BCUT2D eigenvalue weighted by molar-refractivity contribution is 5.10. The van der Waals surface area contributed by atoms with Gasteiger partial charge in [-0.2, -0.15) is 0 Å². The smallest absolute Gasteiger partial charge is 0.0723 e. The van der Waals surface area contributed by atoms with Crippen molar-refractivity contribution in [1.82, 2.24) is 14.8 Å². The van der Waals surface area contributed by atoms with E-state index in [2.05, 4.69) is 41.0 Å². The van der Waals surface area contributed by atoms with Crippen LogP contribution in [-0.4, -0.2) is 60.2 Å². The summed E-state index contributed by atoms with van der Waals surface area (Å²) in [7, 11) is 4.32. The fraction of sp³-hybridized carbons (Fsp3) is 0.688. The molecule has 0 amide bonds. The number of piperidine rings is 1. The quantitative estimate of drug-likeness (QED) is 0.840. The van der Waals surface area contributed by atoms with Gasteiger partial charge < -0.3 is 9.64 Å². The summed E-state index contributed by atoms with van der Waals surface area (Å²) in [5.41, 5.74) is 1.51. The summed E-state index contributed by atoms with van der Waals surface area (Å²) in [5, 5.41) is 0. The first-order chi connectivity index (χ1) is 9.67. The van der Waals surface area contributed by atoms with Crippen molar-refractivity contribution in [1.29, 1.82) is 0 Å². The third-order valence-corrected chi connectivity index (χ3v) is 4.84. The second-order valence-electron chi connectivity index (χ2n) is 6.45. The Morgan fingerprint density at radius 3 is 2.60 bits per heavy atom. The second kappa shape index (κ2) is 5.80. The molecule has 0 aromatic carbocycles. The average molecular weight is 275 g/mol. The van der Waals surface area contributed by atoms with Gasteiger partial charge in [0.1, 0.15) is 0 Å². The molecule has 1 aromatic heterocycles. The van der Waals surface area contributed by atoms with E-state index in [0.717, 1.165) is 26.2 Å². The SMILES string of the molecule is CN(C)[C@H]1COC2(CCN(Cc3ccncc3)CC2)C1. The topological polar surface area (TPSA) is 28.6 Å². The van der Waals surface area contributed by atoms with Crippen LogP contribution in [0.4, 0.5) is 0 Å². The average Bonchev–Trinajstić information content (AvgIpc) is 2.87. The van der Waals surface area contributed by atoms with Crippen LogP contribution in [0.25, 0.3) is 0 Å². The van der Waals surface area contributed by atoms with E-state index in [1.54, 1.807) is 0 Å². The van der Waals surface area contributed by atoms with Crippen LogP contribution in [0.5, 0.6) is 0 Å². The van der Waals surface area contributed by atoms with Crippen LogP contribution in [0.2, 0.25) is 0 Å². The number of aromatic nitrogens is 1. The van der Waals surface area contributed by atoms with Gasteiger partial charge in [0.2, 0.25) is 0 Å². The monoisotopic (exact) mass is 275 g/mol. The van der Waals surface area contributed by atoms with Crippen LogP contribution in [-0.2, 0) is 11.3 Å². The molecule has 110 valence electrons. The number of hydrogen-bond acceptors (Lipinski definition) is 4. The van der Waals surface area contributed by atoms with Crippen LogP contribution in [0.1, 0.15) is 24.8 Å². The Morgan fingerprint density at radius 1 is 1.30 bits per heavy atom. The Balaban J connectivity index is 1.53. The maximum absolute atomic E-state index is 6.18. The molecule has 3 heterocycles. The fourth-order valence-electron chi connectivity index (χ4n) is 3.37. The second-order valence-corrected chi connectivity index (χ2v) is 6.45. The molecular formula is C16H25N3O. The molecule has 0 N–H and O–H groups in total. The third kappa shape index (κ3) is 3.03. The Morgan fingerprint density at radius 2 is 2.00 bits per heavy atom. The highest BCUT2D eigenvalue weighted by Gasteiger charge is 2.43. The minimum Gasteiger partial charge on any atom is -0.373 e. The Kier molecular flexibility index (Phi) is 4.06. The molecule has 2 fully saturated rings. The highest BCUT2D eigenvalue weighted by Crippen LogP contribution is 2.37. The van der Waals surface area contributed by atoms with E-state index >= 15 is 0 Å². The van der Waals surface area contributed by atoms with Gasteiger partial charge in [0, 0.05) is 38.1 Å². The van der Waals surface area contributed by atoms with E-state index in [-0.39, 0.29) is 5.60 Å². The van der Waals surface area contributed by atoms with Gasteiger partial charge >= 0.3 is 0 Å². The molecule has 20 heavy (non-hydrogen) atoms. The first kappa shape index (κ1) is 14.0. The van der Waals surface area contributed by atoms with Gasteiger partial charge in [0.05, 0.1) is 12.2 Å². The van der Waals surface area contributed by atoms with E-state index in [0.29, 0.717) is 6.04 Å². The number of likely N-dealkylation sites (tertiary alicyclic amines) is 1. The molecule has 1 spiro atoms. The summed E-state index contributed by atoms with van der Waals surface area (Å²) >= 11 is 0. The number of ether oxygens (including phenoxy) is 1. The molecule has 2 aliphatic heterocycles. The summed E-state index contributed by atoms with van der Waals surface area (Å²) in [5.74, 6) is 0. The van der Waals surface area contributed by atoms with Gasteiger partial charge in [-0.05, 0) is 51.1 Å².